The minimum absolute atomic E-state index is 0.00451. The highest BCUT2D eigenvalue weighted by Gasteiger charge is 2.15. The summed E-state index contributed by atoms with van der Waals surface area (Å²) in [4.78, 5) is 28.1. The molecule has 0 fully saturated rings. The van der Waals surface area contributed by atoms with Crippen LogP contribution in [0, 0.1) is 5.92 Å². The summed E-state index contributed by atoms with van der Waals surface area (Å²) in [6.45, 7) is 0.380. The average Bonchev–Trinajstić information content (AvgIpc) is 3.12. The SMILES string of the molecule is O=C(NCC(CO)Cc1cccs1)c1c[nH]c(=O)c2ccccc12. The van der Waals surface area contributed by atoms with Crippen LogP contribution in [0.3, 0.4) is 0 Å². The fourth-order valence-electron chi connectivity index (χ4n) is 2.64. The summed E-state index contributed by atoms with van der Waals surface area (Å²) in [6, 6.07) is 11.0. The van der Waals surface area contributed by atoms with Gasteiger partial charge in [-0.25, -0.2) is 0 Å². The Kier molecular flexibility index (Phi) is 5.08. The monoisotopic (exact) mass is 342 g/mol. The van der Waals surface area contributed by atoms with Crippen molar-refractivity contribution in [1.82, 2.24) is 10.3 Å². The molecule has 3 N–H and O–H groups in total. The second kappa shape index (κ2) is 7.42. The highest BCUT2D eigenvalue weighted by molar-refractivity contribution is 7.09. The van der Waals surface area contributed by atoms with Gasteiger partial charge in [-0.3, -0.25) is 9.59 Å². The first-order valence-corrected chi connectivity index (χ1v) is 8.59. The van der Waals surface area contributed by atoms with Gasteiger partial charge in [-0.1, -0.05) is 24.3 Å². The minimum Gasteiger partial charge on any atom is -0.396 e. The zero-order valence-corrected chi connectivity index (χ0v) is 13.8. The van der Waals surface area contributed by atoms with Crippen LogP contribution in [0.1, 0.15) is 15.2 Å². The van der Waals surface area contributed by atoms with Crippen molar-refractivity contribution in [2.45, 2.75) is 6.42 Å². The zero-order valence-electron chi connectivity index (χ0n) is 13.0. The molecule has 1 unspecified atom stereocenters. The molecular formula is C18H18N2O3S. The molecule has 124 valence electrons. The summed E-state index contributed by atoms with van der Waals surface area (Å²) in [5.74, 6) is -0.297. The van der Waals surface area contributed by atoms with Crippen molar-refractivity contribution in [3.8, 4) is 0 Å². The Morgan fingerprint density at radius 2 is 2.00 bits per heavy atom. The number of benzene rings is 1. The molecule has 0 spiro atoms. The Bertz CT molecular complexity index is 887. The molecule has 24 heavy (non-hydrogen) atoms. The van der Waals surface area contributed by atoms with E-state index in [2.05, 4.69) is 10.3 Å². The summed E-state index contributed by atoms with van der Waals surface area (Å²) in [5.41, 5.74) is 0.214. The second-order valence-electron chi connectivity index (χ2n) is 5.62. The number of aromatic nitrogens is 1. The van der Waals surface area contributed by atoms with Gasteiger partial charge in [0.2, 0.25) is 0 Å². The van der Waals surface area contributed by atoms with Gasteiger partial charge in [0.25, 0.3) is 11.5 Å². The number of carbonyl (C=O) groups is 1. The number of amides is 1. The van der Waals surface area contributed by atoms with Crippen LogP contribution in [0.15, 0.2) is 52.8 Å². The first-order chi connectivity index (χ1) is 11.7. The van der Waals surface area contributed by atoms with Crippen LogP contribution in [-0.4, -0.2) is 29.1 Å². The van der Waals surface area contributed by atoms with Crippen LogP contribution >= 0.6 is 11.3 Å². The van der Waals surface area contributed by atoms with Crippen molar-refractivity contribution < 1.29 is 9.90 Å². The summed E-state index contributed by atoms with van der Waals surface area (Å²) >= 11 is 1.64. The topological polar surface area (TPSA) is 82.2 Å². The second-order valence-corrected chi connectivity index (χ2v) is 6.65. The van der Waals surface area contributed by atoms with Gasteiger partial charge >= 0.3 is 0 Å². The van der Waals surface area contributed by atoms with E-state index in [0.29, 0.717) is 22.9 Å². The van der Waals surface area contributed by atoms with Crippen LogP contribution in [-0.2, 0) is 6.42 Å². The first kappa shape index (κ1) is 16.4. The van der Waals surface area contributed by atoms with E-state index in [1.807, 2.05) is 17.5 Å². The predicted octanol–water partition coefficient (Wildman–Crippen LogP) is 2.17. The molecule has 0 aliphatic carbocycles. The smallest absolute Gasteiger partial charge is 0.255 e. The molecule has 0 aliphatic rings. The summed E-state index contributed by atoms with van der Waals surface area (Å²) in [7, 11) is 0. The van der Waals surface area contributed by atoms with Gasteiger partial charge in [-0.2, -0.15) is 0 Å². The van der Waals surface area contributed by atoms with Gasteiger partial charge in [0, 0.05) is 40.9 Å². The Labute approximate surface area is 143 Å². The van der Waals surface area contributed by atoms with Crippen LogP contribution in [0.4, 0.5) is 0 Å². The van der Waals surface area contributed by atoms with Gasteiger partial charge in [-0.05, 0) is 23.9 Å². The molecule has 6 heteroatoms. The van der Waals surface area contributed by atoms with Crippen molar-refractivity contribution in [2.75, 3.05) is 13.2 Å². The van der Waals surface area contributed by atoms with Crippen molar-refractivity contribution in [3.05, 3.63) is 68.8 Å². The largest absolute Gasteiger partial charge is 0.396 e. The van der Waals surface area contributed by atoms with E-state index in [1.54, 1.807) is 35.6 Å². The molecule has 0 bridgehead atoms. The van der Waals surface area contributed by atoms with Crippen molar-refractivity contribution in [2.24, 2.45) is 5.92 Å². The molecule has 3 aromatic rings. The molecule has 2 heterocycles. The van der Waals surface area contributed by atoms with Crippen LogP contribution in [0.25, 0.3) is 10.8 Å². The lowest BCUT2D eigenvalue weighted by atomic mass is 10.0. The fraction of sp³-hybridized carbons (Fsp3) is 0.222. The number of hydrogen-bond donors (Lipinski definition) is 3. The molecule has 3 rings (SSSR count). The molecular weight excluding hydrogens is 324 g/mol. The third-order valence-corrected chi connectivity index (χ3v) is 4.83. The molecule has 2 aromatic heterocycles. The zero-order chi connectivity index (χ0) is 16.9. The summed E-state index contributed by atoms with van der Waals surface area (Å²) in [6.07, 6.45) is 2.16. The van der Waals surface area contributed by atoms with Crippen molar-refractivity contribution in [3.63, 3.8) is 0 Å². The van der Waals surface area contributed by atoms with Crippen LogP contribution in [0.5, 0.6) is 0 Å². The number of hydrogen-bond acceptors (Lipinski definition) is 4. The first-order valence-electron chi connectivity index (χ1n) is 7.71. The van der Waals surface area contributed by atoms with Gasteiger partial charge < -0.3 is 15.4 Å². The Morgan fingerprint density at radius 3 is 2.71 bits per heavy atom. The van der Waals surface area contributed by atoms with E-state index in [0.717, 1.165) is 6.42 Å². The maximum atomic E-state index is 12.5. The quantitative estimate of drug-likeness (QED) is 0.642. The molecule has 0 saturated carbocycles. The van der Waals surface area contributed by atoms with E-state index in [-0.39, 0.29) is 24.0 Å². The number of H-pyrrole nitrogens is 1. The number of thiophene rings is 1. The number of carbonyl (C=O) groups excluding carboxylic acids is 1. The normalized spacial score (nSPS) is 12.2. The van der Waals surface area contributed by atoms with E-state index >= 15 is 0 Å². The Hall–Kier alpha value is -2.44. The Morgan fingerprint density at radius 1 is 1.21 bits per heavy atom. The molecule has 0 radical (unpaired) electrons. The number of aromatic amines is 1. The van der Waals surface area contributed by atoms with E-state index in [1.165, 1.54) is 11.1 Å². The van der Waals surface area contributed by atoms with Crippen LogP contribution < -0.4 is 10.9 Å². The third-order valence-electron chi connectivity index (χ3n) is 3.93. The van der Waals surface area contributed by atoms with Gasteiger partial charge in [0.05, 0.1) is 5.56 Å². The predicted molar refractivity (Wildman–Crippen MR) is 95.5 cm³/mol. The molecule has 0 aliphatic heterocycles. The van der Waals surface area contributed by atoms with Gasteiger partial charge in [-0.15, -0.1) is 11.3 Å². The van der Waals surface area contributed by atoms with Crippen molar-refractivity contribution >= 4 is 28.0 Å². The molecule has 1 aromatic carbocycles. The molecule has 5 nitrogen and oxygen atoms in total. The maximum Gasteiger partial charge on any atom is 0.255 e. The molecule has 0 saturated heterocycles. The summed E-state index contributed by atoms with van der Waals surface area (Å²) < 4.78 is 0. The lowest BCUT2D eigenvalue weighted by Crippen LogP contribution is -2.32. The average molecular weight is 342 g/mol. The van der Waals surface area contributed by atoms with Crippen molar-refractivity contribution in [1.29, 1.82) is 0 Å². The lowest BCUT2D eigenvalue weighted by Gasteiger charge is -2.14. The highest BCUT2D eigenvalue weighted by Crippen LogP contribution is 2.16. The minimum atomic E-state index is -0.257. The Balaban J connectivity index is 1.73. The maximum absolute atomic E-state index is 12.5. The number of aliphatic hydroxyl groups excluding tert-OH is 1. The molecule has 1 amide bonds. The van der Waals surface area contributed by atoms with Gasteiger partial charge in [0.15, 0.2) is 0 Å². The third kappa shape index (κ3) is 3.55. The lowest BCUT2D eigenvalue weighted by molar-refractivity contribution is 0.0941. The highest BCUT2D eigenvalue weighted by atomic mass is 32.1. The number of fused-ring (bicyclic) bond motifs is 1. The number of rotatable bonds is 6. The summed E-state index contributed by atoms with van der Waals surface area (Å²) in [5, 5.41) is 15.5. The van der Waals surface area contributed by atoms with E-state index in [9.17, 15) is 14.7 Å². The van der Waals surface area contributed by atoms with Crippen LogP contribution in [0.2, 0.25) is 0 Å². The standard InChI is InChI=1S/C18H18N2O3S/c21-11-12(8-13-4-3-7-24-13)9-19-18(23)16-10-20-17(22)15-6-2-1-5-14(15)16/h1-7,10,12,21H,8-9,11H2,(H,19,23)(H,20,22). The van der Waals surface area contributed by atoms with E-state index in [4.69, 9.17) is 0 Å². The molecule has 1 atom stereocenters. The van der Waals surface area contributed by atoms with E-state index < -0.39 is 0 Å². The fourth-order valence-corrected chi connectivity index (χ4v) is 3.46. The van der Waals surface area contributed by atoms with Gasteiger partial charge in [0.1, 0.15) is 0 Å². The number of nitrogens with one attached hydrogen (secondary N) is 2. The number of aliphatic hydroxyl groups is 1. The number of pyridine rings is 1.